The predicted octanol–water partition coefficient (Wildman–Crippen LogP) is 12.5. The Balaban J connectivity index is 0.000000352. The summed E-state index contributed by atoms with van der Waals surface area (Å²) in [4.78, 5) is 0. The van der Waals surface area contributed by atoms with Crippen molar-refractivity contribution >= 4 is 25.3 Å². The third-order valence-corrected chi connectivity index (χ3v) is 7.52. The van der Waals surface area contributed by atoms with Crippen molar-refractivity contribution < 1.29 is 0 Å². The quantitative estimate of drug-likeness (QED) is 0.181. The van der Waals surface area contributed by atoms with Crippen molar-refractivity contribution in [2.45, 2.75) is 67.2 Å². The van der Waals surface area contributed by atoms with Gasteiger partial charge < -0.3 is 0 Å². The maximum atomic E-state index is 2.88. The number of rotatable bonds is 6. The first-order valence-corrected chi connectivity index (χ1v) is 15.8. The minimum Gasteiger partial charge on any atom is -0.105 e. The summed E-state index contributed by atoms with van der Waals surface area (Å²) < 4.78 is 0. The average Bonchev–Trinajstić information content (AvgIpc) is 3.06. The van der Waals surface area contributed by atoms with Crippen molar-refractivity contribution in [1.82, 2.24) is 0 Å². The largest absolute Gasteiger partial charge is 0.105 e. The third kappa shape index (κ3) is 10.8. The number of allylic oxidation sites excluding steroid dienone is 1. The van der Waals surface area contributed by atoms with Crippen LogP contribution in [-0.4, -0.2) is 0 Å². The van der Waals surface area contributed by atoms with E-state index >= 15 is 0 Å². The lowest BCUT2D eigenvalue weighted by Gasteiger charge is -2.06. The molecular weight excluding hydrogens is 511 g/mol. The molecule has 5 rings (SSSR count). The third-order valence-electron chi connectivity index (χ3n) is 6.96. The Kier molecular flexibility index (Phi) is 15.5. The van der Waals surface area contributed by atoms with Crippen molar-refractivity contribution in [3.63, 3.8) is 0 Å². The van der Waals surface area contributed by atoms with Crippen molar-refractivity contribution in [2.75, 3.05) is 0 Å². The van der Waals surface area contributed by atoms with Gasteiger partial charge >= 0.3 is 0 Å². The number of benzene rings is 5. The lowest BCUT2D eigenvalue weighted by atomic mass is 9.99. The average molecular weight is 561 g/mol. The van der Waals surface area contributed by atoms with Gasteiger partial charge in [-0.1, -0.05) is 175 Å². The fourth-order valence-electron chi connectivity index (χ4n) is 4.33. The second-order valence-corrected chi connectivity index (χ2v) is 10.3. The molecule has 41 heavy (non-hydrogen) atoms. The molecular formula is C40H49P. The number of fused-ring (bicyclic) bond motifs is 1. The molecule has 2 unspecified atom stereocenters. The van der Waals surface area contributed by atoms with E-state index < -0.39 is 0 Å². The molecule has 0 amide bonds. The second kappa shape index (κ2) is 18.8. The molecule has 0 aliphatic heterocycles. The molecule has 0 aliphatic carbocycles. The summed E-state index contributed by atoms with van der Waals surface area (Å²) in [7, 11) is 2.88. The van der Waals surface area contributed by atoms with E-state index in [0.717, 1.165) is 6.42 Å². The Morgan fingerprint density at radius 2 is 1.20 bits per heavy atom. The van der Waals surface area contributed by atoms with Gasteiger partial charge in [0, 0.05) is 0 Å². The van der Waals surface area contributed by atoms with Crippen LogP contribution in [0.25, 0.3) is 27.2 Å². The number of hydrogen-bond acceptors (Lipinski definition) is 0. The van der Waals surface area contributed by atoms with E-state index in [-0.39, 0.29) is 0 Å². The zero-order valence-corrected chi connectivity index (χ0v) is 27.3. The van der Waals surface area contributed by atoms with Gasteiger partial charge in [0.2, 0.25) is 0 Å². The summed E-state index contributed by atoms with van der Waals surface area (Å²) in [6, 6.07) is 43.4. The fourth-order valence-corrected chi connectivity index (χ4v) is 4.64. The van der Waals surface area contributed by atoms with Gasteiger partial charge in [0.25, 0.3) is 0 Å². The van der Waals surface area contributed by atoms with Gasteiger partial charge in [0.15, 0.2) is 0 Å². The Labute approximate surface area is 252 Å². The van der Waals surface area contributed by atoms with E-state index in [1.54, 1.807) is 0 Å². The van der Waals surface area contributed by atoms with E-state index in [0.29, 0.717) is 5.92 Å². The van der Waals surface area contributed by atoms with Crippen LogP contribution in [0.2, 0.25) is 0 Å². The highest BCUT2D eigenvalue weighted by Crippen LogP contribution is 2.27. The van der Waals surface area contributed by atoms with E-state index in [1.165, 1.54) is 55.9 Å². The lowest BCUT2D eigenvalue weighted by molar-refractivity contribution is 0.733. The topological polar surface area (TPSA) is 0 Å². The molecule has 0 saturated heterocycles. The Bertz CT molecular complexity index is 1430. The van der Waals surface area contributed by atoms with Crippen LogP contribution in [-0.2, 0) is 6.42 Å². The highest BCUT2D eigenvalue weighted by Gasteiger charge is 2.01. The molecule has 0 bridgehead atoms. The molecule has 0 aromatic heterocycles. The maximum absolute atomic E-state index is 2.88. The molecule has 0 heterocycles. The monoisotopic (exact) mass is 560 g/mol. The van der Waals surface area contributed by atoms with Crippen molar-refractivity contribution in [2.24, 2.45) is 0 Å². The van der Waals surface area contributed by atoms with Crippen molar-refractivity contribution in [3.8, 4) is 11.1 Å². The fraction of sp³-hybridized carbons (Fsp3) is 0.250. The van der Waals surface area contributed by atoms with E-state index in [9.17, 15) is 0 Å². The minimum absolute atomic E-state index is 0.709. The van der Waals surface area contributed by atoms with Crippen LogP contribution in [0, 0.1) is 6.92 Å². The Morgan fingerprint density at radius 3 is 1.78 bits per heavy atom. The minimum atomic E-state index is 0.709. The van der Waals surface area contributed by atoms with Gasteiger partial charge in [0.05, 0.1) is 0 Å². The highest BCUT2D eigenvalue weighted by atomic mass is 31.0. The summed E-state index contributed by atoms with van der Waals surface area (Å²) in [6.07, 6.45) is 4.45. The molecule has 1 heteroatoms. The molecule has 214 valence electrons. The molecule has 0 nitrogen and oxygen atoms in total. The number of hydrogen-bond donors (Lipinski definition) is 0. The van der Waals surface area contributed by atoms with Gasteiger partial charge in [-0.15, -0.1) is 9.24 Å². The standard InChI is InChI=1S/C26H23P.C10H14.2C2H6/c1-19-6-10-22(11-7-19)23-13-15-24(16-14-23)26(27)17-9-20-8-12-21-4-2-3-5-25(21)18-20;1-3-9(2)10-7-5-4-6-8-10;2*1-2/h2-8,10-18H,9,27H2,1H3;4-9H,3H2,1-2H3;2*1-2H3/b26-17-;;;. The molecule has 2 atom stereocenters. The van der Waals surface area contributed by atoms with Crippen LogP contribution in [0.1, 0.15) is 76.1 Å². The van der Waals surface area contributed by atoms with Gasteiger partial charge in [-0.2, -0.15) is 0 Å². The van der Waals surface area contributed by atoms with Crippen LogP contribution in [0.4, 0.5) is 0 Å². The normalized spacial score (nSPS) is 11.2. The van der Waals surface area contributed by atoms with Crippen LogP contribution >= 0.6 is 9.24 Å². The molecule has 0 spiro atoms. The zero-order chi connectivity index (χ0) is 30.0. The summed E-state index contributed by atoms with van der Waals surface area (Å²) in [5, 5.41) is 3.83. The van der Waals surface area contributed by atoms with Crippen molar-refractivity contribution in [1.29, 1.82) is 0 Å². The summed E-state index contributed by atoms with van der Waals surface area (Å²) in [5.74, 6) is 0.709. The molecule has 0 radical (unpaired) electrons. The van der Waals surface area contributed by atoms with Crippen LogP contribution in [0.3, 0.4) is 0 Å². The van der Waals surface area contributed by atoms with Crippen molar-refractivity contribution in [3.05, 3.63) is 150 Å². The first-order chi connectivity index (χ1) is 20.0. The van der Waals surface area contributed by atoms with Crippen LogP contribution in [0.15, 0.2) is 127 Å². The van der Waals surface area contributed by atoms with Gasteiger partial charge in [-0.25, -0.2) is 0 Å². The Morgan fingerprint density at radius 1 is 0.659 bits per heavy atom. The first-order valence-electron chi connectivity index (χ1n) is 15.2. The molecule has 5 aromatic rings. The summed E-state index contributed by atoms with van der Waals surface area (Å²) in [6.45, 7) is 14.6. The highest BCUT2D eigenvalue weighted by molar-refractivity contribution is 7.31. The molecule has 0 fully saturated rings. The van der Waals surface area contributed by atoms with E-state index in [2.05, 4.69) is 157 Å². The summed E-state index contributed by atoms with van der Waals surface area (Å²) >= 11 is 0. The smallest absolute Gasteiger partial charge is 0.00878 e. The van der Waals surface area contributed by atoms with E-state index in [4.69, 9.17) is 0 Å². The van der Waals surface area contributed by atoms with Crippen LogP contribution in [0.5, 0.6) is 0 Å². The molecule has 0 N–H and O–H groups in total. The zero-order valence-electron chi connectivity index (χ0n) is 26.2. The van der Waals surface area contributed by atoms with Gasteiger partial charge in [-0.3, -0.25) is 0 Å². The van der Waals surface area contributed by atoms with Gasteiger partial charge in [0.1, 0.15) is 0 Å². The predicted molar refractivity (Wildman–Crippen MR) is 190 cm³/mol. The molecule has 5 aromatic carbocycles. The lowest BCUT2D eigenvalue weighted by Crippen LogP contribution is -1.88. The summed E-state index contributed by atoms with van der Waals surface area (Å²) in [5.41, 5.74) is 7.84. The second-order valence-electron chi connectivity index (χ2n) is 9.71. The molecule has 0 aliphatic rings. The van der Waals surface area contributed by atoms with Gasteiger partial charge in [-0.05, 0) is 69.6 Å². The molecule has 0 saturated carbocycles. The number of aryl methyl sites for hydroxylation is 1. The first kappa shape index (κ1) is 33.7. The SMILES string of the molecule is CC.CC.CCC(C)c1ccccc1.Cc1ccc(-c2ccc(/C(P)=C/Cc3ccc4ccccc4c3)cc2)cc1. The van der Waals surface area contributed by atoms with Crippen LogP contribution < -0.4 is 0 Å². The Hall–Kier alpha value is -3.47. The van der Waals surface area contributed by atoms with E-state index in [1.807, 2.05) is 27.7 Å². The maximum Gasteiger partial charge on any atom is -0.00878 e.